The van der Waals surface area contributed by atoms with Crippen LogP contribution in [-0.2, 0) is 0 Å². The van der Waals surface area contributed by atoms with Crippen molar-refractivity contribution >= 4 is 54.9 Å². The van der Waals surface area contributed by atoms with E-state index in [1.807, 2.05) is 0 Å². The first kappa shape index (κ1) is 15.9. The summed E-state index contributed by atoms with van der Waals surface area (Å²) in [5.74, 6) is 0. The summed E-state index contributed by atoms with van der Waals surface area (Å²) in [5.41, 5.74) is 0. The van der Waals surface area contributed by atoms with E-state index in [4.69, 9.17) is 15.0 Å². The molecule has 3 nitrogen and oxygen atoms in total. The first-order valence-electron chi connectivity index (χ1n) is 0.612. The summed E-state index contributed by atoms with van der Waals surface area (Å²) in [5, 5.41) is 16.7. The van der Waals surface area contributed by atoms with Gasteiger partial charge in [0.05, 0.1) is 0 Å². The number of rotatable bonds is 0. The molecule has 0 saturated heterocycles. The minimum absolute atomic E-state index is 0. The molecular weight excluding hydrogens is 128 g/mol. The molecule has 0 fully saturated rings. The van der Waals surface area contributed by atoms with Crippen molar-refractivity contribution in [3.05, 3.63) is 0 Å². The first-order chi connectivity index (χ1) is 1.73. The molecule has 0 aliphatic heterocycles. The van der Waals surface area contributed by atoms with E-state index in [1.54, 1.807) is 0 Å². The van der Waals surface area contributed by atoms with E-state index < -0.39 is 6.16 Å². The third-order valence-corrected chi connectivity index (χ3v) is 0. The van der Waals surface area contributed by atoms with Gasteiger partial charge < -0.3 is 15.0 Å². The van der Waals surface area contributed by atoms with Gasteiger partial charge in [0.15, 0.2) is 0 Å². The minimum Gasteiger partial charge on any atom is -0.652 e. The molecule has 0 spiro atoms. The average molecular weight is 132 g/mol. The molecule has 0 aromatic rings. The smallest absolute Gasteiger partial charge is 0.652 e. The molecule has 0 amide bonds. The van der Waals surface area contributed by atoms with Gasteiger partial charge in [-0.15, -0.1) is 0 Å². The second-order valence-electron chi connectivity index (χ2n) is 0.250. The molecule has 0 aromatic carbocycles. The van der Waals surface area contributed by atoms with Gasteiger partial charge in [-0.1, -0.05) is 0 Å². The summed E-state index contributed by atoms with van der Waals surface area (Å²) in [6, 6.07) is 0. The number of carbonyl (C=O) groups is 1. The fraction of sp³-hybridized carbons (Fsp3) is 0. The number of hydrogen-bond donors (Lipinski definition) is 0. The largest absolute Gasteiger partial charge is 2.00 e. The molecule has 0 aliphatic carbocycles. The molecule has 0 heterocycles. The summed E-state index contributed by atoms with van der Waals surface area (Å²) >= 11 is 0. The number of hydrogen-bond acceptors (Lipinski definition) is 3. The third kappa shape index (κ3) is 120. The van der Waals surface area contributed by atoms with Crippen molar-refractivity contribution in [3.8, 4) is 0 Å². The van der Waals surface area contributed by atoms with E-state index in [9.17, 15) is 0 Å². The maximum atomic E-state index is 8.33. The standard InChI is InChI=1S/CH2O3.Ca.H4Si/c2-1(3)4;;/h(H2,2,3,4);;1H4/q;+2;/p-2. The van der Waals surface area contributed by atoms with Gasteiger partial charge in [0.25, 0.3) is 0 Å². The second-order valence-corrected chi connectivity index (χ2v) is 0.250. The van der Waals surface area contributed by atoms with Crippen LogP contribution in [-0.4, -0.2) is 54.9 Å². The van der Waals surface area contributed by atoms with Crippen molar-refractivity contribution in [2.24, 2.45) is 0 Å². The average Bonchev–Trinajstić information content (AvgIpc) is 0.811. The molecule has 0 N–H and O–H groups in total. The van der Waals surface area contributed by atoms with Crippen LogP contribution in [0.2, 0.25) is 0 Å². The summed E-state index contributed by atoms with van der Waals surface area (Å²) < 4.78 is 0. The fourth-order valence-corrected chi connectivity index (χ4v) is 0. The maximum absolute atomic E-state index is 8.33. The van der Waals surface area contributed by atoms with Gasteiger partial charge in [0.1, 0.15) is 0 Å². The fourth-order valence-electron chi connectivity index (χ4n) is 0. The van der Waals surface area contributed by atoms with Crippen molar-refractivity contribution in [1.82, 2.24) is 0 Å². The predicted molar refractivity (Wildman–Crippen MR) is 22.5 cm³/mol. The van der Waals surface area contributed by atoms with Crippen LogP contribution in [0.15, 0.2) is 0 Å². The van der Waals surface area contributed by atoms with E-state index in [-0.39, 0.29) is 48.7 Å². The van der Waals surface area contributed by atoms with Crippen LogP contribution < -0.4 is 10.2 Å². The quantitative estimate of drug-likeness (QED) is 0.313. The van der Waals surface area contributed by atoms with Crippen LogP contribution in [0.3, 0.4) is 0 Å². The molecule has 0 aliphatic rings. The van der Waals surface area contributed by atoms with Crippen LogP contribution in [0, 0.1) is 0 Å². The predicted octanol–water partition coefficient (Wildman–Crippen LogP) is -4.28. The maximum Gasteiger partial charge on any atom is 2.00 e. The van der Waals surface area contributed by atoms with Gasteiger partial charge in [-0.25, -0.2) is 0 Å². The Morgan fingerprint density at radius 2 is 1.33 bits per heavy atom. The van der Waals surface area contributed by atoms with Crippen LogP contribution in [0.5, 0.6) is 0 Å². The number of carboxylic acid groups (broad SMARTS) is 2. The van der Waals surface area contributed by atoms with Gasteiger partial charge in [-0.3, -0.25) is 0 Å². The monoisotopic (exact) mass is 132 g/mol. The Morgan fingerprint density at radius 3 is 1.33 bits per heavy atom. The Balaban J connectivity index is -0.0000000450. The zero-order valence-corrected chi connectivity index (χ0v) is 4.64. The molecule has 0 rings (SSSR count). The molecule has 0 atom stereocenters. The van der Waals surface area contributed by atoms with Gasteiger partial charge in [0, 0.05) is 0 Å². The topological polar surface area (TPSA) is 63.2 Å². The van der Waals surface area contributed by atoms with Crippen molar-refractivity contribution in [3.63, 3.8) is 0 Å². The second kappa shape index (κ2) is 9.22. The van der Waals surface area contributed by atoms with Crippen molar-refractivity contribution in [2.45, 2.75) is 0 Å². The molecular formula is CH4CaO3Si. The summed E-state index contributed by atoms with van der Waals surface area (Å²) in [6.45, 7) is 0. The Kier molecular flexibility index (Phi) is 24.4. The van der Waals surface area contributed by atoms with E-state index >= 15 is 0 Å². The molecule has 0 saturated carbocycles. The van der Waals surface area contributed by atoms with Crippen LogP contribution in [0.25, 0.3) is 0 Å². The Morgan fingerprint density at radius 1 is 1.33 bits per heavy atom. The summed E-state index contributed by atoms with van der Waals surface area (Å²) in [6.07, 6.45) is -2.33. The van der Waals surface area contributed by atoms with Crippen molar-refractivity contribution in [1.29, 1.82) is 0 Å². The Labute approximate surface area is 69.4 Å². The van der Waals surface area contributed by atoms with Crippen LogP contribution in [0.4, 0.5) is 4.79 Å². The number of carbonyl (C=O) groups excluding carboxylic acids is 1. The molecule has 0 bridgehead atoms. The van der Waals surface area contributed by atoms with Gasteiger partial charge in [-0.05, 0) is 17.1 Å². The SMILES string of the molecule is O=C([O-])[O-].[Ca+2].[SiH4]. The first-order valence-corrected chi connectivity index (χ1v) is 0.612. The van der Waals surface area contributed by atoms with E-state index in [1.165, 1.54) is 0 Å². The molecule has 0 radical (unpaired) electrons. The van der Waals surface area contributed by atoms with E-state index in [2.05, 4.69) is 0 Å². The Hall–Kier alpha value is 0.747. The normalized spacial score (nSPS) is 4.00. The minimum atomic E-state index is -2.33. The van der Waals surface area contributed by atoms with Gasteiger partial charge >= 0.3 is 37.7 Å². The summed E-state index contributed by atoms with van der Waals surface area (Å²) in [4.78, 5) is 8.33. The molecule has 0 unspecified atom stereocenters. The molecule has 32 valence electrons. The third-order valence-electron chi connectivity index (χ3n) is 0. The van der Waals surface area contributed by atoms with Crippen LogP contribution in [0.1, 0.15) is 0 Å². The molecule has 5 heteroatoms. The van der Waals surface area contributed by atoms with E-state index in [0.29, 0.717) is 0 Å². The van der Waals surface area contributed by atoms with Crippen molar-refractivity contribution < 1.29 is 15.0 Å². The molecule has 0 aromatic heterocycles. The van der Waals surface area contributed by atoms with E-state index in [0.717, 1.165) is 0 Å². The van der Waals surface area contributed by atoms with Crippen molar-refractivity contribution in [2.75, 3.05) is 0 Å². The van der Waals surface area contributed by atoms with Gasteiger partial charge in [-0.2, -0.15) is 0 Å². The Bertz CT molecular complexity index is 33.8. The zero-order chi connectivity index (χ0) is 3.58. The molecule has 6 heavy (non-hydrogen) atoms. The summed E-state index contributed by atoms with van der Waals surface area (Å²) in [7, 11) is 0. The van der Waals surface area contributed by atoms with Gasteiger partial charge in [0.2, 0.25) is 0 Å². The van der Waals surface area contributed by atoms with Crippen LogP contribution >= 0.6 is 0 Å². The zero-order valence-electron chi connectivity index (χ0n) is 2.43.